The highest BCUT2D eigenvalue weighted by molar-refractivity contribution is 7.90. The molecule has 4 N–H and O–H groups in total. The van der Waals surface area contributed by atoms with Crippen molar-refractivity contribution in [2.45, 2.75) is 69.6 Å². The minimum absolute atomic E-state index is 0.0000203. The summed E-state index contributed by atoms with van der Waals surface area (Å²) in [5.74, 6) is 1.46. The molecule has 1 amide bonds. The number of nitrogens with two attached hydrogens (primary N) is 1. The van der Waals surface area contributed by atoms with Crippen LogP contribution in [0.5, 0.6) is 0 Å². The van der Waals surface area contributed by atoms with Crippen molar-refractivity contribution in [2.75, 3.05) is 13.1 Å². The molecule has 0 radical (unpaired) electrons. The van der Waals surface area contributed by atoms with Crippen molar-refractivity contribution in [1.29, 1.82) is 5.26 Å². The topological polar surface area (TPSA) is 220 Å². The predicted octanol–water partition coefficient (Wildman–Crippen LogP) is 3.64. The van der Waals surface area contributed by atoms with Gasteiger partial charge in [0.2, 0.25) is 5.91 Å². The van der Waals surface area contributed by atoms with Crippen molar-refractivity contribution in [2.24, 2.45) is 16.6 Å². The molecule has 0 spiro atoms. The molecule has 16 nitrogen and oxygen atoms in total. The summed E-state index contributed by atoms with van der Waals surface area (Å²) in [7, 11) is -3.76. The minimum atomic E-state index is -3.76. The van der Waals surface area contributed by atoms with E-state index in [4.69, 9.17) is 11.0 Å². The third-order valence-electron chi connectivity index (χ3n) is 10.9. The van der Waals surface area contributed by atoms with Crippen LogP contribution in [-0.2, 0) is 27.7 Å². The first kappa shape index (κ1) is 34.4. The van der Waals surface area contributed by atoms with Crippen LogP contribution in [0, 0.1) is 29.1 Å². The summed E-state index contributed by atoms with van der Waals surface area (Å²) in [5.41, 5.74) is 11.2. The second-order valence-electron chi connectivity index (χ2n) is 14.4. The van der Waals surface area contributed by atoms with Gasteiger partial charge in [-0.2, -0.15) is 5.26 Å². The molecule has 0 bridgehead atoms. The van der Waals surface area contributed by atoms with Crippen LogP contribution in [0.2, 0.25) is 0 Å². The zero-order chi connectivity index (χ0) is 36.8. The number of fused-ring (bicyclic) bond motifs is 6. The van der Waals surface area contributed by atoms with Gasteiger partial charge in [0.1, 0.15) is 18.1 Å². The first-order valence-corrected chi connectivity index (χ1v) is 19.1. The van der Waals surface area contributed by atoms with Crippen LogP contribution < -0.4 is 11.1 Å². The Morgan fingerprint density at radius 2 is 1.55 bits per heavy atom. The Morgan fingerprint density at radius 1 is 0.906 bits per heavy atom. The molecule has 0 atom stereocenters. The maximum atomic E-state index is 13.2. The smallest absolute Gasteiger partial charge is 0.269 e. The zero-order valence-electron chi connectivity index (χ0n) is 29.2. The predicted molar refractivity (Wildman–Crippen MR) is 195 cm³/mol. The Balaban J connectivity index is 0.000000154. The van der Waals surface area contributed by atoms with Gasteiger partial charge in [-0.1, -0.05) is 30.5 Å². The largest absolute Gasteiger partial charge is 0.355 e. The van der Waals surface area contributed by atoms with Gasteiger partial charge in [0.25, 0.3) is 10.0 Å². The van der Waals surface area contributed by atoms with E-state index in [1.165, 1.54) is 16.6 Å². The second kappa shape index (κ2) is 13.4. The monoisotopic (exact) mass is 733 g/mol. The number of carbonyl (C=O) groups excluding carboxylic acids is 1. The average molecular weight is 734 g/mol. The molecule has 2 saturated carbocycles. The fourth-order valence-corrected chi connectivity index (χ4v) is 8.78. The van der Waals surface area contributed by atoms with Crippen molar-refractivity contribution in [1.82, 2.24) is 53.4 Å². The maximum absolute atomic E-state index is 13.2. The Bertz CT molecular complexity index is 2620. The van der Waals surface area contributed by atoms with Gasteiger partial charge < -0.3 is 16.0 Å². The van der Waals surface area contributed by atoms with E-state index < -0.39 is 10.0 Å². The first-order valence-electron chi connectivity index (χ1n) is 17.7. The third-order valence-corrected chi connectivity index (χ3v) is 12.6. The van der Waals surface area contributed by atoms with E-state index in [2.05, 4.69) is 40.7 Å². The Morgan fingerprint density at radius 3 is 2.17 bits per heavy atom. The van der Waals surface area contributed by atoms with Crippen molar-refractivity contribution in [3.05, 3.63) is 78.4 Å². The fourth-order valence-electron chi connectivity index (χ4n) is 7.49. The van der Waals surface area contributed by atoms with E-state index in [-0.39, 0.29) is 28.1 Å². The molecule has 0 aliphatic heterocycles. The maximum Gasteiger partial charge on any atom is 0.269 e. The highest BCUT2D eigenvalue weighted by Crippen LogP contribution is 2.44. The van der Waals surface area contributed by atoms with E-state index in [1.54, 1.807) is 42.7 Å². The van der Waals surface area contributed by atoms with Crippen LogP contribution in [-0.4, -0.2) is 75.5 Å². The quantitative estimate of drug-likeness (QED) is 0.184. The molecule has 2 aliphatic rings. The van der Waals surface area contributed by atoms with Gasteiger partial charge in [0.05, 0.1) is 34.4 Å². The van der Waals surface area contributed by atoms with Crippen molar-refractivity contribution in [3.63, 3.8) is 0 Å². The number of aromatic nitrogens is 10. The van der Waals surface area contributed by atoms with Crippen molar-refractivity contribution in [3.8, 4) is 6.07 Å². The third kappa shape index (κ3) is 6.17. The lowest BCUT2D eigenvalue weighted by Gasteiger charge is -2.41. The summed E-state index contributed by atoms with van der Waals surface area (Å²) in [4.78, 5) is 23.6. The van der Waals surface area contributed by atoms with Gasteiger partial charge in [-0.3, -0.25) is 13.6 Å². The van der Waals surface area contributed by atoms with Crippen molar-refractivity contribution < 1.29 is 13.2 Å². The fraction of sp³-hybridized carbons (Fsp3) is 0.389. The molecular formula is C36H39N13O3S. The Kier molecular flexibility index (Phi) is 8.66. The number of benzene rings is 1. The molecule has 6 aromatic heterocycles. The molecule has 2 fully saturated rings. The summed E-state index contributed by atoms with van der Waals surface area (Å²) < 4.78 is 31.5. The van der Waals surface area contributed by atoms with Crippen LogP contribution in [0.25, 0.3) is 33.6 Å². The van der Waals surface area contributed by atoms with Crippen LogP contribution in [0.4, 0.5) is 0 Å². The lowest BCUT2D eigenvalue weighted by atomic mass is 9.66. The lowest BCUT2D eigenvalue weighted by molar-refractivity contribution is -0.121. The van der Waals surface area contributed by atoms with Gasteiger partial charge in [-0.25, -0.2) is 22.4 Å². The number of aromatic amines is 1. The summed E-state index contributed by atoms with van der Waals surface area (Å²) >= 11 is 0. The number of carbonyl (C=O) groups is 1. The normalized spacial score (nSPS) is 16.2. The van der Waals surface area contributed by atoms with Crippen LogP contribution in [0.15, 0.2) is 66.1 Å². The molecule has 9 rings (SSSR count). The lowest BCUT2D eigenvalue weighted by Crippen LogP contribution is -2.44. The number of nitrogens with one attached hydrogen (secondary N) is 2. The van der Waals surface area contributed by atoms with E-state index in [9.17, 15) is 13.2 Å². The number of aryl methyl sites for hydroxylation is 1. The number of hydrogen-bond acceptors (Lipinski definition) is 11. The highest BCUT2D eigenvalue weighted by atomic mass is 32.2. The zero-order valence-corrected chi connectivity index (χ0v) is 30.1. The molecule has 53 heavy (non-hydrogen) atoms. The first-order chi connectivity index (χ1) is 25.6. The second-order valence-corrected chi connectivity index (χ2v) is 16.2. The van der Waals surface area contributed by atoms with Crippen molar-refractivity contribution >= 4 is 49.6 Å². The molecule has 272 valence electrons. The number of nitriles is 1. The number of nitrogens with zero attached hydrogens (tertiary/aromatic N) is 10. The van der Waals surface area contributed by atoms with E-state index in [1.807, 2.05) is 34.1 Å². The number of rotatable bonds is 10. The molecule has 7 aromatic rings. The van der Waals surface area contributed by atoms with Gasteiger partial charge in [0.15, 0.2) is 22.6 Å². The minimum Gasteiger partial charge on any atom is -0.355 e. The van der Waals surface area contributed by atoms with Gasteiger partial charge in [0, 0.05) is 31.8 Å². The van der Waals surface area contributed by atoms with E-state index in [0.717, 1.165) is 79.0 Å². The number of amides is 1. The summed E-state index contributed by atoms with van der Waals surface area (Å²) in [6.07, 6.45) is 14.6. The average Bonchev–Trinajstić information content (AvgIpc) is 3.93. The van der Waals surface area contributed by atoms with Crippen LogP contribution in [0.3, 0.4) is 0 Å². The Labute approximate surface area is 304 Å². The van der Waals surface area contributed by atoms with Gasteiger partial charge in [-0.05, 0) is 74.2 Å². The molecule has 0 unspecified atom stereocenters. The summed E-state index contributed by atoms with van der Waals surface area (Å²) in [5, 5.41) is 28.6. The molecule has 2 aliphatic carbocycles. The number of H-pyrrole nitrogens is 1. The Hall–Kier alpha value is -5.73. The van der Waals surface area contributed by atoms with Gasteiger partial charge in [-0.15, -0.1) is 20.4 Å². The summed E-state index contributed by atoms with van der Waals surface area (Å²) in [6, 6.07) is 12.4. The SMILES string of the molecule is Cc1ccc(S(=O)(=O)n2ccc3c2ncc2nnc(CC4(CN)CCC4)n23)cc1.N#CCC(=O)NCC1(Cc2nnc3cnc4[nH]ccc4n23)CCC1. The molecule has 17 heteroatoms. The summed E-state index contributed by atoms with van der Waals surface area (Å²) in [6.45, 7) is 3.10. The molecule has 1 aromatic carbocycles. The number of hydrogen-bond donors (Lipinski definition) is 3. The molecule has 6 heterocycles. The molecule has 0 saturated heterocycles. The van der Waals surface area contributed by atoms with Gasteiger partial charge >= 0.3 is 0 Å². The van der Waals surface area contributed by atoms with Crippen LogP contribution in [0.1, 0.15) is 62.2 Å². The van der Waals surface area contributed by atoms with Crippen LogP contribution >= 0.6 is 0 Å². The molecular weight excluding hydrogens is 695 g/mol. The van der Waals surface area contributed by atoms with E-state index >= 15 is 0 Å². The van der Waals surface area contributed by atoms with E-state index in [0.29, 0.717) is 29.9 Å². The standard InChI is InChI=1S/C20H22N6O2S.C16H17N7O/c1-14-3-5-15(6-4-14)29(27,28)25-10-7-16-19(25)22-12-18-24-23-17(26(16)18)11-20(13-21)8-2-9-20;17-6-2-14(24)20-10-16(4-1-5-16)8-12-21-22-13-9-19-15-11(23(12)13)3-7-18-15/h3-7,10,12H,2,8-9,11,13,21H2,1H3;3,7,9,18H,1-2,4-5,8,10H2,(H,20,24). The highest BCUT2D eigenvalue weighted by Gasteiger charge is 2.39.